The van der Waals surface area contributed by atoms with Crippen molar-refractivity contribution in [3.05, 3.63) is 36.0 Å². The number of likely N-dealkylation sites (N-methyl/N-ethyl adjacent to an activating group) is 1. The maximum absolute atomic E-state index is 12.6. The number of hydrogen-bond donors (Lipinski definition) is 2. The minimum Gasteiger partial charge on any atom is -0.481 e. The summed E-state index contributed by atoms with van der Waals surface area (Å²) in [5, 5.41) is 9.77. The summed E-state index contributed by atoms with van der Waals surface area (Å²) in [6, 6.07) is 6.89. The third-order valence-corrected chi connectivity index (χ3v) is 3.85. The molecule has 0 fully saturated rings. The first kappa shape index (κ1) is 17.2. The minimum absolute atomic E-state index is 0.112. The molecule has 3 N–H and O–H groups in total. The molecule has 2 rings (SSSR count). The average molecular weight is 317 g/mol. The van der Waals surface area contributed by atoms with Crippen molar-refractivity contribution in [3.8, 4) is 0 Å². The Hall–Kier alpha value is -2.18. The second-order valence-corrected chi connectivity index (χ2v) is 5.97. The van der Waals surface area contributed by atoms with Crippen LogP contribution in [0.4, 0.5) is 0 Å². The molecule has 1 aromatic carbocycles. The topological polar surface area (TPSA) is 88.6 Å². The molecule has 1 heterocycles. The molecule has 0 saturated heterocycles. The van der Waals surface area contributed by atoms with Crippen LogP contribution in [0.5, 0.6) is 0 Å². The monoisotopic (exact) mass is 317 g/mol. The molecule has 0 radical (unpaired) electrons. The van der Waals surface area contributed by atoms with Crippen molar-refractivity contribution in [2.75, 3.05) is 20.6 Å². The molecule has 0 saturated carbocycles. The van der Waals surface area contributed by atoms with E-state index in [0.29, 0.717) is 0 Å². The predicted octanol–water partition coefficient (Wildman–Crippen LogP) is 1.58. The summed E-state index contributed by atoms with van der Waals surface area (Å²) in [5.74, 6) is -1.21. The number of benzene rings is 1. The number of fused-ring (bicyclic) bond motifs is 1. The molecule has 0 aliphatic carbocycles. The highest BCUT2D eigenvalue weighted by atomic mass is 16.4. The van der Waals surface area contributed by atoms with Gasteiger partial charge in [-0.2, -0.15) is 0 Å². The lowest BCUT2D eigenvalue weighted by atomic mass is 10.1. The molecule has 0 aliphatic heterocycles. The Labute approximate surface area is 135 Å². The van der Waals surface area contributed by atoms with E-state index in [1.807, 2.05) is 44.6 Å². The number of carboxylic acid groups (broad SMARTS) is 1. The highest BCUT2D eigenvalue weighted by molar-refractivity contribution is 5.96. The van der Waals surface area contributed by atoms with E-state index in [0.717, 1.165) is 29.4 Å². The van der Waals surface area contributed by atoms with Crippen molar-refractivity contribution in [3.63, 3.8) is 0 Å². The summed E-state index contributed by atoms with van der Waals surface area (Å²) in [4.78, 5) is 25.3. The third kappa shape index (κ3) is 4.18. The molecule has 1 atom stereocenters. The predicted molar refractivity (Wildman–Crippen MR) is 89.7 cm³/mol. The summed E-state index contributed by atoms with van der Waals surface area (Å²) in [5.41, 5.74) is 7.79. The van der Waals surface area contributed by atoms with E-state index in [4.69, 9.17) is 10.8 Å². The first-order valence-electron chi connectivity index (χ1n) is 7.65. The highest BCUT2D eigenvalue weighted by Crippen LogP contribution is 2.22. The number of aromatic nitrogens is 1. The molecule has 0 bridgehead atoms. The van der Waals surface area contributed by atoms with E-state index < -0.39 is 12.0 Å². The molecular formula is C17H23N3O3. The molecule has 0 aliphatic rings. The lowest BCUT2D eigenvalue weighted by molar-refractivity contribution is -0.137. The van der Waals surface area contributed by atoms with Crippen molar-refractivity contribution < 1.29 is 14.7 Å². The van der Waals surface area contributed by atoms with Crippen LogP contribution in [0.1, 0.15) is 23.2 Å². The van der Waals surface area contributed by atoms with E-state index in [1.165, 1.54) is 0 Å². The second-order valence-electron chi connectivity index (χ2n) is 5.97. The molecule has 23 heavy (non-hydrogen) atoms. The Bertz CT molecular complexity index is 706. The van der Waals surface area contributed by atoms with Gasteiger partial charge in [0.05, 0.1) is 11.6 Å². The lowest BCUT2D eigenvalue weighted by Crippen LogP contribution is -2.34. The van der Waals surface area contributed by atoms with Gasteiger partial charge in [-0.25, -0.2) is 0 Å². The molecule has 1 unspecified atom stereocenters. The van der Waals surface area contributed by atoms with Gasteiger partial charge in [0.1, 0.15) is 0 Å². The van der Waals surface area contributed by atoms with Gasteiger partial charge in [-0.3, -0.25) is 14.2 Å². The van der Waals surface area contributed by atoms with E-state index >= 15 is 0 Å². The van der Waals surface area contributed by atoms with Gasteiger partial charge >= 0.3 is 5.97 Å². The molecule has 6 heteroatoms. The van der Waals surface area contributed by atoms with Crippen LogP contribution >= 0.6 is 0 Å². The van der Waals surface area contributed by atoms with Crippen molar-refractivity contribution in [2.45, 2.75) is 25.3 Å². The van der Waals surface area contributed by atoms with Crippen LogP contribution in [0.2, 0.25) is 0 Å². The largest absolute Gasteiger partial charge is 0.481 e. The van der Waals surface area contributed by atoms with Crippen LogP contribution in [-0.2, 0) is 11.2 Å². The minimum atomic E-state index is -0.947. The fraction of sp³-hybridized carbons (Fsp3) is 0.412. The molecule has 2 aromatic rings. The summed E-state index contributed by atoms with van der Waals surface area (Å²) < 4.78 is 1.56. The van der Waals surface area contributed by atoms with Crippen LogP contribution < -0.4 is 5.73 Å². The van der Waals surface area contributed by atoms with E-state index in [9.17, 15) is 9.59 Å². The standard InChI is InChI=1S/C17H23N3O3/c1-19(2)10-9-12-11-20(15-6-4-3-5-13(12)15)17(23)14(18)7-8-16(21)22/h3-6,11,14H,7-10,18H2,1-2H3,(H,21,22). The zero-order chi connectivity index (χ0) is 17.0. The number of para-hydroxylation sites is 1. The van der Waals surface area contributed by atoms with Crippen LogP contribution in [0, 0.1) is 0 Å². The summed E-state index contributed by atoms with van der Waals surface area (Å²) in [6.45, 7) is 0.882. The number of carboxylic acids is 1. The van der Waals surface area contributed by atoms with Crippen molar-refractivity contribution in [1.82, 2.24) is 9.47 Å². The molecule has 0 spiro atoms. The van der Waals surface area contributed by atoms with Crippen molar-refractivity contribution in [2.24, 2.45) is 5.73 Å². The maximum Gasteiger partial charge on any atom is 0.303 e. The van der Waals surface area contributed by atoms with Gasteiger partial charge in [-0.15, -0.1) is 0 Å². The first-order valence-corrected chi connectivity index (χ1v) is 7.65. The number of nitrogens with zero attached hydrogens (tertiary/aromatic N) is 2. The average Bonchev–Trinajstić information content (AvgIpc) is 2.88. The molecular weight excluding hydrogens is 294 g/mol. The van der Waals surface area contributed by atoms with E-state index in [1.54, 1.807) is 4.57 Å². The van der Waals surface area contributed by atoms with Crippen molar-refractivity contribution in [1.29, 1.82) is 0 Å². The lowest BCUT2D eigenvalue weighted by Gasteiger charge is -2.11. The second kappa shape index (κ2) is 7.39. The van der Waals surface area contributed by atoms with Gasteiger partial charge in [0.2, 0.25) is 5.91 Å². The van der Waals surface area contributed by atoms with Crippen LogP contribution in [0.15, 0.2) is 30.5 Å². The molecule has 124 valence electrons. The Kier molecular flexibility index (Phi) is 5.52. The number of carbonyl (C=O) groups is 2. The normalized spacial score (nSPS) is 12.7. The third-order valence-electron chi connectivity index (χ3n) is 3.85. The SMILES string of the molecule is CN(C)CCc1cn(C(=O)C(N)CCC(=O)O)c2ccccc12. The molecule has 0 amide bonds. The van der Waals surface area contributed by atoms with Gasteiger partial charge in [0, 0.05) is 24.5 Å². The number of rotatable bonds is 7. The maximum atomic E-state index is 12.6. The van der Waals surface area contributed by atoms with E-state index in [2.05, 4.69) is 4.90 Å². The fourth-order valence-electron chi connectivity index (χ4n) is 2.56. The number of carbonyl (C=O) groups excluding carboxylic acids is 1. The Morgan fingerprint density at radius 1 is 1.30 bits per heavy atom. The Morgan fingerprint density at radius 2 is 2.00 bits per heavy atom. The quantitative estimate of drug-likeness (QED) is 0.809. The van der Waals surface area contributed by atoms with Gasteiger partial charge in [-0.1, -0.05) is 18.2 Å². The summed E-state index contributed by atoms with van der Waals surface area (Å²) in [7, 11) is 4.01. The van der Waals surface area contributed by atoms with Crippen LogP contribution in [-0.4, -0.2) is 53.1 Å². The zero-order valence-electron chi connectivity index (χ0n) is 13.5. The fourth-order valence-corrected chi connectivity index (χ4v) is 2.56. The summed E-state index contributed by atoms with van der Waals surface area (Å²) >= 11 is 0. The van der Waals surface area contributed by atoms with Gasteiger partial charge in [0.15, 0.2) is 0 Å². The molecule has 6 nitrogen and oxygen atoms in total. The summed E-state index contributed by atoms with van der Waals surface area (Å²) in [6.07, 6.45) is 2.68. The zero-order valence-corrected chi connectivity index (χ0v) is 13.5. The highest BCUT2D eigenvalue weighted by Gasteiger charge is 2.20. The number of hydrogen-bond acceptors (Lipinski definition) is 4. The van der Waals surface area contributed by atoms with Crippen LogP contribution in [0.25, 0.3) is 10.9 Å². The number of nitrogens with two attached hydrogens (primary N) is 1. The van der Waals surface area contributed by atoms with Gasteiger partial charge < -0.3 is 15.7 Å². The molecule has 1 aromatic heterocycles. The van der Waals surface area contributed by atoms with Crippen LogP contribution in [0.3, 0.4) is 0 Å². The smallest absolute Gasteiger partial charge is 0.303 e. The van der Waals surface area contributed by atoms with Gasteiger partial charge in [-0.05, 0) is 38.6 Å². The van der Waals surface area contributed by atoms with Crippen molar-refractivity contribution >= 4 is 22.8 Å². The Balaban J connectivity index is 2.29. The van der Waals surface area contributed by atoms with E-state index in [-0.39, 0.29) is 18.7 Å². The van der Waals surface area contributed by atoms with Gasteiger partial charge in [0.25, 0.3) is 0 Å². The number of aliphatic carboxylic acids is 1. The Morgan fingerprint density at radius 3 is 2.65 bits per heavy atom. The first-order chi connectivity index (χ1) is 10.9.